The number of carbonyl (C=O) groups excluding carboxylic acids is 1. The SMILES string of the molecule is CCn1c(SC(C)C(=O)NC23CC4CC(CC(C4)C2)C3)nnc1-c1ccc(OC)cc1. The largest absolute Gasteiger partial charge is 0.497 e. The second kappa shape index (κ2) is 8.15. The molecule has 1 N–H and O–H groups in total. The van der Waals surface area contributed by atoms with Gasteiger partial charge in [-0.2, -0.15) is 0 Å². The van der Waals surface area contributed by atoms with Crippen molar-refractivity contribution in [2.45, 2.75) is 74.9 Å². The number of aromatic nitrogens is 3. The van der Waals surface area contributed by atoms with E-state index in [9.17, 15) is 4.79 Å². The molecule has 4 aliphatic carbocycles. The number of benzene rings is 1. The van der Waals surface area contributed by atoms with Crippen molar-refractivity contribution >= 4 is 17.7 Å². The lowest BCUT2D eigenvalue weighted by Crippen LogP contribution is -2.60. The normalized spacial score (nSPS) is 29.7. The summed E-state index contributed by atoms with van der Waals surface area (Å²) < 4.78 is 7.34. The van der Waals surface area contributed by atoms with Crippen molar-refractivity contribution in [1.82, 2.24) is 20.1 Å². The Morgan fingerprint density at radius 2 is 1.77 bits per heavy atom. The highest BCUT2D eigenvalue weighted by atomic mass is 32.2. The van der Waals surface area contributed by atoms with Gasteiger partial charge in [0.15, 0.2) is 11.0 Å². The maximum absolute atomic E-state index is 13.2. The molecule has 1 amide bonds. The number of amides is 1. The molecule has 0 spiro atoms. The predicted octanol–water partition coefficient (Wildman–Crippen LogP) is 4.54. The molecule has 1 heterocycles. The van der Waals surface area contributed by atoms with E-state index in [-0.39, 0.29) is 16.7 Å². The zero-order valence-electron chi connectivity index (χ0n) is 18.6. The lowest BCUT2D eigenvalue weighted by molar-refractivity contribution is -0.126. The quantitative estimate of drug-likeness (QED) is 0.640. The van der Waals surface area contributed by atoms with Gasteiger partial charge in [0.05, 0.1) is 12.4 Å². The van der Waals surface area contributed by atoms with Crippen molar-refractivity contribution in [2.24, 2.45) is 17.8 Å². The van der Waals surface area contributed by atoms with Crippen LogP contribution in [0.5, 0.6) is 5.75 Å². The number of ether oxygens (including phenoxy) is 1. The molecule has 4 bridgehead atoms. The average molecular weight is 441 g/mol. The van der Waals surface area contributed by atoms with Crippen LogP contribution in [0, 0.1) is 17.8 Å². The zero-order valence-corrected chi connectivity index (χ0v) is 19.5. The fourth-order valence-electron chi connectivity index (χ4n) is 6.45. The number of methoxy groups -OCH3 is 1. The first-order valence-electron chi connectivity index (χ1n) is 11.5. The summed E-state index contributed by atoms with van der Waals surface area (Å²) in [7, 11) is 1.66. The summed E-state index contributed by atoms with van der Waals surface area (Å²) in [6, 6.07) is 7.84. The number of rotatable bonds is 7. The van der Waals surface area contributed by atoms with Gasteiger partial charge in [-0.25, -0.2) is 0 Å². The highest BCUT2D eigenvalue weighted by Gasteiger charge is 2.51. The molecule has 4 saturated carbocycles. The number of carbonyl (C=O) groups is 1. The molecule has 166 valence electrons. The molecule has 4 aliphatic rings. The average Bonchev–Trinajstić information content (AvgIpc) is 3.14. The molecule has 1 aromatic carbocycles. The molecule has 6 nitrogen and oxygen atoms in total. The van der Waals surface area contributed by atoms with E-state index in [1.54, 1.807) is 7.11 Å². The van der Waals surface area contributed by atoms with Crippen LogP contribution in [-0.2, 0) is 11.3 Å². The minimum atomic E-state index is -0.203. The molecule has 1 aromatic heterocycles. The van der Waals surface area contributed by atoms with Crippen molar-refractivity contribution < 1.29 is 9.53 Å². The van der Waals surface area contributed by atoms with Crippen molar-refractivity contribution in [1.29, 1.82) is 0 Å². The molecule has 0 aliphatic heterocycles. The Balaban J connectivity index is 1.28. The third kappa shape index (κ3) is 3.97. The minimum absolute atomic E-state index is 0.0489. The molecule has 7 heteroatoms. The Kier molecular flexibility index (Phi) is 5.49. The molecule has 6 rings (SSSR count). The van der Waals surface area contributed by atoms with Gasteiger partial charge in [0, 0.05) is 17.6 Å². The van der Waals surface area contributed by atoms with Gasteiger partial charge in [0.2, 0.25) is 5.91 Å². The summed E-state index contributed by atoms with van der Waals surface area (Å²) in [6.07, 6.45) is 7.67. The standard InChI is InChI=1S/C24H32N4O2S/c1-4-28-21(19-5-7-20(30-3)8-6-19)26-27-23(28)31-15(2)22(29)25-24-12-16-9-17(13-24)11-18(10-16)14-24/h5-8,15-18H,4,9-14H2,1-3H3,(H,25,29). The molecule has 31 heavy (non-hydrogen) atoms. The Morgan fingerprint density at radius 3 is 2.32 bits per heavy atom. The fraction of sp³-hybridized carbons (Fsp3) is 0.625. The van der Waals surface area contributed by atoms with Crippen LogP contribution in [0.2, 0.25) is 0 Å². The molecule has 1 atom stereocenters. The molecular formula is C24H32N4O2S. The van der Waals surface area contributed by atoms with Gasteiger partial charge in [-0.1, -0.05) is 11.8 Å². The summed E-state index contributed by atoms with van der Waals surface area (Å²) in [5, 5.41) is 12.9. The zero-order chi connectivity index (χ0) is 21.6. The van der Waals surface area contributed by atoms with Gasteiger partial charge in [0.1, 0.15) is 5.75 Å². The van der Waals surface area contributed by atoms with Gasteiger partial charge < -0.3 is 14.6 Å². The maximum Gasteiger partial charge on any atom is 0.233 e. The Morgan fingerprint density at radius 1 is 1.16 bits per heavy atom. The van der Waals surface area contributed by atoms with Crippen LogP contribution in [0.25, 0.3) is 11.4 Å². The van der Waals surface area contributed by atoms with Gasteiger partial charge in [-0.3, -0.25) is 4.79 Å². The van der Waals surface area contributed by atoms with E-state index in [0.29, 0.717) is 0 Å². The van der Waals surface area contributed by atoms with E-state index in [0.717, 1.165) is 46.6 Å². The van der Waals surface area contributed by atoms with E-state index in [1.807, 2.05) is 31.2 Å². The predicted molar refractivity (Wildman–Crippen MR) is 122 cm³/mol. The van der Waals surface area contributed by atoms with Crippen LogP contribution in [0.1, 0.15) is 52.4 Å². The summed E-state index contributed by atoms with van der Waals surface area (Å²) in [4.78, 5) is 13.2. The van der Waals surface area contributed by atoms with Crippen molar-refractivity contribution in [3.63, 3.8) is 0 Å². The summed E-state index contributed by atoms with van der Waals surface area (Å²) in [5.41, 5.74) is 1.04. The fourth-order valence-corrected chi connectivity index (χ4v) is 7.37. The highest BCUT2D eigenvalue weighted by molar-refractivity contribution is 8.00. The first-order chi connectivity index (χ1) is 15.0. The minimum Gasteiger partial charge on any atom is -0.497 e. The van der Waals surface area contributed by atoms with Crippen LogP contribution in [0.15, 0.2) is 29.4 Å². The van der Waals surface area contributed by atoms with Crippen LogP contribution in [0.4, 0.5) is 0 Å². The van der Waals surface area contributed by atoms with E-state index in [2.05, 4.69) is 27.0 Å². The lowest BCUT2D eigenvalue weighted by Gasteiger charge is -2.57. The third-order valence-electron chi connectivity index (χ3n) is 7.46. The number of thioether (sulfide) groups is 1. The molecule has 1 unspecified atom stereocenters. The van der Waals surface area contributed by atoms with Crippen LogP contribution in [-0.4, -0.2) is 38.6 Å². The second-order valence-electron chi connectivity index (χ2n) is 9.73. The van der Waals surface area contributed by atoms with Gasteiger partial charge in [-0.15, -0.1) is 10.2 Å². The number of nitrogens with zero attached hydrogens (tertiary/aromatic N) is 3. The summed E-state index contributed by atoms with van der Waals surface area (Å²) >= 11 is 1.51. The highest BCUT2D eigenvalue weighted by Crippen LogP contribution is 2.55. The van der Waals surface area contributed by atoms with Gasteiger partial charge in [-0.05, 0) is 94.4 Å². The molecular weight excluding hydrogens is 408 g/mol. The smallest absolute Gasteiger partial charge is 0.233 e. The van der Waals surface area contributed by atoms with Gasteiger partial charge in [0.25, 0.3) is 0 Å². The van der Waals surface area contributed by atoms with Crippen LogP contribution < -0.4 is 10.1 Å². The molecule has 4 fully saturated rings. The van der Waals surface area contributed by atoms with Crippen LogP contribution in [0.3, 0.4) is 0 Å². The molecule has 0 saturated heterocycles. The van der Waals surface area contributed by atoms with Crippen LogP contribution >= 0.6 is 11.8 Å². The van der Waals surface area contributed by atoms with Crippen molar-refractivity contribution in [3.05, 3.63) is 24.3 Å². The van der Waals surface area contributed by atoms with E-state index in [4.69, 9.17) is 4.74 Å². The molecule has 0 radical (unpaired) electrons. The number of nitrogens with one attached hydrogen (secondary N) is 1. The maximum atomic E-state index is 13.2. The number of hydrogen-bond acceptors (Lipinski definition) is 5. The van der Waals surface area contributed by atoms with Crippen molar-refractivity contribution in [2.75, 3.05) is 7.11 Å². The summed E-state index contributed by atoms with van der Waals surface area (Å²) in [5.74, 6) is 4.25. The third-order valence-corrected chi connectivity index (χ3v) is 8.54. The Hall–Kier alpha value is -2.02. The van der Waals surface area contributed by atoms with E-state index >= 15 is 0 Å². The van der Waals surface area contributed by atoms with Gasteiger partial charge >= 0.3 is 0 Å². The monoisotopic (exact) mass is 440 g/mol. The lowest BCUT2D eigenvalue weighted by atomic mass is 9.53. The summed E-state index contributed by atoms with van der Waals surface area (Å²) in [6.45, 7) is 4.82. The second-order valence-corrected chi connectivity index (χ2v) is 11.0. The number of hydrogen-bond donors (Lipinski definition) is 1. The topological polar surface area (TPSA) is 69.0 Å². The molecule has 2 aromatic rings. The van der Waals surface area contributed by atoms with E-state index < -0.39 is 0 Å². The Bertz CT molecular complexity index is 920. The van der Waals surface area contributed by atoms with Crippen molar-refractivity contribution in [3.8, 4) is 17.1 Å². The first kappa shape index (κ1) is 20.9. The van der Waals surface area contributed by atoms with E-state index in [1.165, 1.54) is 50.3 Å². The first-order valence-corrected chi connectivity index (χ1v) is 12.4. The Labute approximate surface area is 188 Å².